The number of nitrogens with one attached hydrogen (secondary N) is 1. The van der Waals surface area contributed by atoms with E-state index >= 15 is 0 Å². The van der Waals surface area contributed by atoms with Gasteiger partial charge in [0.25, 0.3) is 5.91 Å². The lowest BCUT2D eigenvalue weighted by atomic mass is 10.1. The number of carbonyl (C=O) groups is 1. The first-order valence-electron chi connectivity index (χ1n) is 5.58. The van der Waals surface area contributed by atoms with Crippen molar-refractivity contribution in [3.8, 4) is 5.75 Å². The predicted octanol–water partition coefficient (Wildman–Crippen LogP) is 3.63. The smallest absolute Gasteiger partial charge is 0.253 e. The van der Waals surface area contributed by atoms with Crippen LogP contribution in [0.4, 0.5) is 0 Å². The summed E-state index contributed by atoms with van der Waals surface area (Å²) in [5.41, 5.74) is 0.943. The highest BCUT2D eigenvalue weighted by Crippen LogP contribution is 2.21. The molecule has 5 heteroatoms. The average Bonchev–Trinajstić information content (AvgIpc) is 2.40. The zero-order chi connectivity index (χ0) is 13.8. The summed E-state index contributed by atoms with van der Waals surface area (Å²) in [7, 11) is 0. The molecule has 98 valence electrons. The average molecular weight is 296 g/mol. The fourth-order valence-corrected chi connectivity index (χ4v) is 1.98. The molecule has 3 nitrogen and oxygen atoms in total. The standard InChI is InChI=1S/C14H11Cl2NO2/c15-10-5-6-12(16)11(7-10)14(19)17-8-9-3-1-2-4-13(9)18/h1-7,18H,8H2,(H,17,19). The Labute approximate surface area is 120 Å². The number of para-hydroxylation sites is 1. The van der Waals surface area contributed by atoms with E-state index in [1.807, 2.05) is 0 Å². The van der Waals surface area contributed by atoms with E-state index in [9.17, 15) is 9.90 Å². The summed E-state index contributed by atoms with van der Waals surface area (Å²) in [5.74, 6) is -0.198. The van der Waals surface area contributed by atoms with Gasteiger partial charge in [0.1, 0.15) is 5.75 Å². The molecule has 19 heavy (non-hydrogen) atoms. The lowest BCUT2D eigenvalue weighted by Crippen LogP contribution is -2.23. The minimum absolute atomic E-state index is 0.139. The number of rotatable bonds is 3. The minimum atomic E-state index is -0.337. The summed E-state index contributed by atoms with van der Waals surface area (Å²) in [6, 6.07) is 11.5. The molecule has 1 amide bonds. The molecular formula is C14H11Cl2NO2. The molecule has 0 spiro atoms. The number of phenolic OH excluding ortho intramolecular Hbond substituents is 1. The van der Waals surface area contributed by atoms with E-state index < -0.39 is 0 Å². The Hall–Kier alpha value is -1.71. The van der Waals surface area contributed by atoms with Crippen LogP contribution in [-0.2, 0) is 6.54 Å². The highest BCUT2D eigenvalue weighted by atomic mass is 35.5. The van der Waals surface area contributed by atoms with E-state index in [1.54, 1.807) is 36.4 Å². The summed E-state index contributed by atoms with van der Waals surface area (Å²) in [4.78, 5) is 12.0. The molecule has 0 saturated carbocycles. The fourth-order valence-electron chi connectivity index (χ4n) is 1.60. The van der Waals surface area contributed by atoms with Crippen molar-refractivity contribution in [3.05, 3.63) is 63.6 Å². The predicted molar refractivity (Wildman–Crippen MR) is 75.7 cm³/mol. The molecule has 2 aromatic rings. The maximum atomic E-state index is 12.0. The Balaban J connectivity index is 2.10. The first-order chi connectivity index (χ1) is 9.08. The highest BCUT2D eigenvalue weighted by Gasteiger charge is 2.11. The molecule has 2 N–H and O–H groups in total. The molecule has 0 aliphatic heterocycles. The first kappa shape index (κ1) is 13.7. The Kier molecular flexibility index (Phi) is 4.30. The van der Waals surface area contributed by atoms with Crippen LogP contribution in [0.2, 0.25) is 10.0 Å². The molecule has 0 bridgehead atoms. The molecule has 2 aromatic carbocycles. The third-order valence-corrected chi connectivity index (χ3v) is 3.17. The second-order valence-electron chi connectivity index (χ2n) is 3.94. The van der Waals surface area contributed by atoms with Gasteiger partial charge >= 0.3 is 0 Å². The van der Waals surface area contributed by atoms with Gasteiger partial charge in [-0.15, -0.1) is 0 Å². The molecule has 0 fully saturated rings. The van der Waals surface area contributed by atoms with Crippen LogP contribution >= 0.6 is 23.2 Å². The van der Waals surface area contributed by atoms with Crippen LogP contribution < -0.4 is 5.32 Å². The van der Waals surface area contributed by atoms with Crippen LogP contribution in [0.15, 0.2) is 42.5 Å². The molecular weight excluding hydrogens is 285 g/mol. The fraction of sp³-hybridized carbons (Fsp3) is 0.0714. The van der Waals surface area contributed by atoms with Crippen molar-refractivity contribution in [3.63, 3.8) is 0 Å². The first-order valence-corrected chi connectivity index (χ1v) is 6.33. The van der Waals surface area contributed by atoms with Crippen molar-refractivity contribution in [1.29, 1.82) is 0 Å². The van der Waals surface area contributed by atoms with Crippen LogP contribution in [0.3, 0.4) is 0 Å². The van der Waals surface area contributed by atoms with E-state index in [0.29, 0.717) is 21.2 Å². The normalized spacial score (nSPS) is 10.2. The van der Waals surface area contributed by atoms with Crippen molar-refractivity contribution in [2.45, 2.75) is 6.54 Å². The molecule has 0 unspecified atom stereocenters. The van der Waals surface area contributed by atoms with Crippen LogP contribution in [0.1, 0.15) is 15.9 Å². The third kappa shape index (κ3) is 3.40. The van der Waals surface area contributed by atoms with Gasteiger partial charge in [-0.2, -0.15) is 0 Å². The number of hydrogen-bond donors (Lipinski definition) is 2. The summed E-state index contributed by atoms with van der Waals surface area (Å²) in [6.45, 7) is 0.217. The molecule has 0 radical (unpaired) electrons. The van der Waals surface area contributed by atoms with E-state index in [2.05, 4.69) is 5.32 Å². The summed E-state index contributed by atoms with van der Waals surface area (Å²) < 4.78 is 0. The molecule has 0 heterocycles. The quantitative estimate of drug-likeness (QED) is 0.908. The molecule has 0 aliphatic rings. The third-order valence-electron chi connectivity index (χ3n) is 2.60. The van der Waals surface area contributed by atoms with Crippen LogP contribution in [0.5, 0.6) is 5.75 Å². The van der Waals surface area contributed by atoms with Gasteiger partial charge in [-0.1, -0.05) is 41.4 Å². The summed E-state index contributed by atoms with van der Waals surface area (Å²) in [6.07, 6.45) is 0. The van der Waals surface area contributed by atoms with Crippen molar-refractivity contribution >= 4 is 29.1 Å². The monoisotopic (exact) mass is 295 g/mol. The number of hydrogen-bond acceptors (Lipinski definition) is 2. The minimum Gasteiger partial charge on any atom is -0.508 e. The SMILES string of the molecule is O=C(NCc1ccccc1O)c1cc(Cl)ccc1Cl. The topological polar surface area (TPSA) is 49.3 Å². The summed E-state index contributed by atoms with van der Waals surface area (Å²) in [5, 5.41) is 13.1. The Morgan fingerprint density at radius 1 is 1.16 bits per heavy atom. The second-order valence-corrected chi connectivity index (χ2v) is 4.78. The molecule has 0 aromatic heterocycles. The number of phenols is 1. The summed E-state index contributed by atoms with van der Waals surface area (Å²) >= 11 is 11.8. The highest BCUT2D eigenvalue weighted by molar-refractivity contribution is 6.35. The Bertz CT molecular complexity index is 614. The zero-order valence-corrected chi connectivity index (χ0v) is 11.4. The Morgan fingerprint density at radius 3 is 2.63 bits per heavy atom. The van der Waals surface area contributed by atoms with Gasteiger partial charge < -0.3 is 10.4 Å². The van der Waals surface area contributed by atoms with Gasteiger partial charge in [0, 0.05) is 17.1 Å². The van der Waals surface area contributed by atoms with Gasteiger partial charge in [-0.25, -0.2) is 0 Å². The lowest BCUT2D eigenvalue weighted by Gasteiger charge is -2.08. The van der Waals surface area contributed by atoms with E-state index in [-0.39, 0.29) is 18.2 Å². The maximum Gasteiger partial charge on any atom is 0.253 e. The lowest BCUT2D eigenvalue weighted by molar-refractivity contribution is 0.0951. The number of carbonyl (C=O) groups excluding carboxylic acids is 1. The number of halogens is 2. The largest absolute Gasteiger partial charge is 0.508 e. The van der Waals surface area contributed by atoms with Gasteiger partial charge in [0.2, 0.25) is 0 Å². The van der Waals surface area contributed by atoms with Gasteiger partial charge in [-0.05, 0) is 24.3 Å². The van der Waals surface area contributed by atoms with E-state index in [1.165, 1.54) is 6.07 Å². The number of amides is 1. The molecule has 0 atom stereocenters. The number of aromatic hydroxyl groups is 1. The maximum absolute atomic E-state index is 12.0. The Morgan fingerprint density at radius 2 is 1.89 bits per heavy atom. The van der Waals surface area contributed by atoms with E-state index in [0.717, 1.165) is 0 Å². The van der Waals surface area contributed by atoms with Gasteiger partial charge in [-0.3, -0.25) is 4.79 Å². The molecule has 0 aliphatic carbocycles. The van der Waals surface area contributed by atoms with E-state index in [4.69, 9.17) is 23.2 Å². The van der Waals surface area contributed by atoms with Crippen LogP contribution in [-0.4, -0.2) is 11.0 Å². The van der Waals surface area contributed by atoms with Gasteiger partial charge in [0.15, 0.2) is 0 Å². The van der Waals surface area contributed by atoms with Crippen LogP contribution in [0.25, 0.3) is 0 Å². The molecule has 2 rings (SSSR count). The zero-order valence-electron chi connectivity index (χ0n) is 9.86. The van der Waals surface area contributed by atoms with Crippen molar-refractivity contribution in [1.82, 2.24) is 5.32 Å². The van der Waals surface area contributed by atoms with Gasteiger partial charge in [0.05, 0.1) is 10.6 Å². The molecule has 0 saturated heterocycles. The van der Waals surface area contributed by atoms with Crippen LogP contribution in [0, 0.1) is 0 Å². The van der Waals surface area contributed by atoms with Crippen molar-refractivity contribution < 1.29 is 9.90 Å². The number of benzene rings is 2. The van der Waals surface area contributed by atoms with Crippen molar-refractivity contribution in [2.24, 2.45) is 0 Å². The van der Waals surface area contributed by atoms with Crippen molar-refractivity contribution in [2.75, 3.05) is 0 Å². The second kappa shape index (κ2) is 5.95.